The molecule has 0 aliphatic heterocycles. The van der Waals surface area contributed by atoms with Crippen LogP contribution in [-0.4, -0.2) is 26.4 Å². The van der Waals surface area contributed by atoms with Crippen molar-refractivity contribution >= 4 is 23.4 Å². The SMILES string of the molecule is CCc1cccc(CC)c1NC(=O)CSc1nnc(-c2cccc(C)c2)n1CC. The van der Waals surface area contributed by atoms with Crippen molar-refractivity contribution in [3.05, 3.63) is 59.2 Å². The van der Waals surface area contributed by atoms with Gasteiger partial charge in [-0.1, -0.05) is 67.6 Å². The predicted octanol–water partition coefficient (Wildman–Crippen LogP) is 5.13. The Bertz CT molecular complexity index is 974. The summed E-state index contributed by atoms with van der Waals surface area (Å²) < 4.78 is 2.06. The highest BCUT2D eigenvalue weighted by atomic mass is 32.2. The van der Waals surface area contributed by atoms with Crippen LogP contribution in [0.1, 0.15) is 37.5 Å². The molecule has 0 radical (unpaired) electrons. The molecular weight excluding hydrogens is 380 g/mol. The fourth-order valence-corrected chi connectivity index (χ4v) is 4.19. The Labute approximate surface area is 176 Å². The van der Waals surface area contributed by atoms with Crippen molar-refractivity contribution in [1.82, 2.24) is 14.8 Å². The van der Waals surface area contributed by atoms with Crippen molar-refractivity contribution in [2.75, 3.05) is 11.1 Å². The number of nitrogens with one attached hydrogen (secondary N) is 1. The van der Waals surface area contributed by atoms with Gasteiger partial charge in [-0.2, -0.15) is 0 Å². The Morgan fingerprint density at radius 3 is 2.34 bits per heavy atom. The Hall–Kier alpha value is -2.60. The van der Waals surface area contributed by atoms with Gasteiger partial charge in [0.25, 0.3) is 0 Å². The number of nitrogens with zero attached hydrogens (tertiary/aromatic N) is 3. The zero-order chi connectivity index (χ0) is 20.8. The highest BCUT2D eigenvalue weighted by molar-refractivity contribution is 7.99. The zero-order valence-corrected chi connectivity index (χ0v) is 18.3. The van der Waals surface area contributed by atoms with Crippen LogP contribution in [0, 0.1) is 6.92 Å². The number of aromatic nitrogens is 3. The van der Waals surface area contributed by atoms with E-state index in [-0.39, 0.29) is 5.91 Å². The number of para-hydroxylation sites is 1. The molecule has 0 saturated carbocycles. The van der Waals surface area contributed by atoms with Crippen LogP contribution in [0.15, 0.2) is 47.6 Å². The molecule has 3 aromatic rings. The van der Waals surface area contributed by atoms with E-state index in [0.29, 0.717) is 5.75 Å². The van der Waals surface area contributed by atoms with Crippen LogP contribution >= 0.6 is 11.8 Å². The fourth-order valence-electron chi connectivity index (χ4n) is 3.39. The van der Waals surface area contributed by atoms with Gasteiger partial charge in [0, 0.05) is 17.8 Å². The van der Waals surface area contributed by atoms with Crippen molar-refractivity contribution in [3.8, 4) is 11.4 Å². The maximum atomic E-state index is 12.7. The first kappa shape index (κ1) is 21.1. The third-order valence-electron chi connectivity index (χ3n) is 4.90. The first-order valence-electron chi connectivity index (χ1n) is 10.1. The van der Waals surface area contributed by atoms with Crippen LogP contribution in [0.4, 0.5) is 5.69 Å². The van der Waals surface area contributed by atoms with Crippen molar-refractivity contribution in [1.29, 1.82) is 0 Å². The lowest BCUT2D eigenvalue weighted by Crippen LogP contribution is -2.17. The van der Waals surface area contributed by atoms with Gasteiger partial charge < -0.3 is 9.88 Å². The number of carbonyl (C=O) groups excluding carboxylic acids is 1. The number of hydrogen-bond acceptors (Lipinski definition) is 4. The molecule has 3 rings (SSSR count). The molecule has 0 saturated heterocycles. The molecule has 1 heterocycles. The van der Waals surface area contributed by atoms with Crippen molar-refractivity contribution < 1.29 is 4.79 Å². The van der Waals surface area contributed by atoms with Gasteiger partial charge in [-0.05, 0) is 43.9 Å². The van der Waals surface area contributed by atoms with E-state index in [9.17, 15) is 4.79 Å². The molecule has 0 aliphatic carbocycles. The molecule has 0 bridgehead atoms. The maximum absolute atomic E-state index is 12.7. The molecule has 0 aliphatic rings. The third-order valence-corrected chi connectivity index (χ3v) is 5.87. The normalized spacial score (nSPS) is 10.9. The minimum absolute atomic E-state index is 0.0200. The largest absolute Gasteiger partial charge is 0.325 e. The van der Waals surface area contributed by atoms with E-state index in [0.717, 1.165) is 41.6 Å². The van der Waals surface area contributed by atoms with Gasteiger partial charge in [0.15, 0.2) is 11.0 Å². The summed E-state index contributed by atoms with van der Waals surface area (Å²) in [4.78, 5) is 12.7. The van der Waals surface area contributed by atoms with Gasteiger partial charge >= 0.3 is 0 Å². The molecule has 0 unspecified atom stereocenters. The summed E-state index contributed by atoms with van der Waals surface area (Å²) in [5, 5.41) is 12.6. The number of carbonyl (C=O) groups is 1. The molecule has 0 fully saturated rings. The number of thioether (sulfide) groups is 1. The number of amides is 1. The number of anilines is 1. The first-order chi connectivity index (χ1) is 14.1. The van der Waals surface area contributed by atoms with E-state index in [1.165, 1.54) is 28.5 Å². The number of aryl methyl sites for hydroxylation is 3. The lowest BCUT2D eigenvalue weighted by molar-refractivity contribution is -0.113. The van der Waals surface area contributed by atoms with Crippen LogP contribution < -0.4 is 5.32 Å². The molecular formula is C23H28N4OS. The van der Waals surface area contributed by atoms with E-state index in [1.807, 2.05) is 12.1 Å². The van der Waals surface area contributed by atoms with Crippen LogP contribution in [0.5, 0.6) is 0 Å². The molecule has 29 heavy (non-hydrogen) atoms. The summed E-state index contributed by atoms with van der Waals surface area (Å²) in [6.45, 7) is 9.09. The second-order valence-electron chi connectivity index (χ2n) is 6.92. The van der Waals surface area contributed by atoms with Crippen LogP contribution in [0.25, 0.3) is 11.4 Å². The summed E-state index contributed by atoms with van der Waals surface area (Å²) in [6, 6.07) is 14.4. The van der Waals surface area contributed by atoms with E-state index in [4.69, 9.17) is 0 Å². The molecule has 1 N–H and O–H groups in total. The zero-order valence-electron chi connectivity index (χ0n) is 17.5. The average Bonchev–Trinajstić information content (AvgIpc) is 3.15. The van der Waals surface area contributed by atoms with Gasteiger partial charge in [-0.3, -0.25) is 4.79 Å². The summed E-state index contributed by atoms with van der Waals surface area (Å²) >= 11 is 1.42. The van der Waals surface area contributed by atoms with Crippen LogP contribution in [0.3, 0.4) is 0 Å². The van der Waals surface area contributed by atoms with E-state index in [1.54, 1.807) is 0 Å². The monoisotopic (exact) mass is 408 g/mol. The lowest BCUT2D eigenvalue weighted by atomic mass is 10.0. The Morgan fingerprint density at radius 1 is 1.03 bits per heavy atom. The van der Waals surface area contributed by atoms with Crippen molar-refractivity contribution in [3.63, 3.8) is 0 Å². The molecule has 1 aromatic heterocycles. The summed E-state index contributed by atoms with van der Waals surface area (Å²) in [5.41, 5.74) is 5.52. The van der Waals surface area contributed by atoms with E-state index < -0.39 is 0 Å². The van der Waals surface area contributed by atoms with Gasteiger partial charge in [0.1, 0.15) is 0 Å². The molecule has 0 spiro atoms. The third kappa shape index (κ3) is 4.88. The lowest BCUT2D eigenvalue weighted by Gasteiger charge is -2.14. The number of hydrogen-bond donors (Lipinski definition) is 1. The molecule has 0 atom stereocenters. The highest BCUT2D eigenvalue weighted by Gasteiger charge is 2.16. The summed E-state index contributed by atoms with van der Waals surface area (Å²) in [6.07, 6.45) is 1.78. The first-order valence-corrected chi connectivity index (χ1v) is 11.1. The number of benzene rings is 2. The summed E-state index contributed by atoms with van der Waals surface area (Å²) in [7, 11) is 0. The molecule has 152 valence electrons. The number of rotatable bonds is 8. The summed E-state index contributed by atoms with van der Waals surface area (Å²) in [5.74, 6) is 1.12. The van der Waals surface area contributed by atoms with Crippen LogP contribution in [0.2, 0.25) is 0 Å². The standard InChI is InChI=1S/C23H28N4OS/c1-5-17-11-9-12-18(6-2)21(17)24-20(28)15-29-23-26-25-22(27(23)7-3)19-13-8-10-16(4)14-19/h8-14H,5-7,15H2,1-4H3,(H,24,28). The average molecular weight is 409 g/mol. The molecule has 6 heteroatoms. The van der Waals surface area contributed by atoms with Crippen molar-refractivity contribution in [2.24, 2.45) is 0 Å². The van der Waals surface area contributed by atoms with Crippen LogP contribution in [-0.2, 0) is 24.2 Å². The second-order valence-corrected chi connectivity index (χ2v) is 7.86. The predicted molar refractivity (Wildman–Crippen MR) is 120 cm³/mol. The fraction of sp³-hybridized carbons (Fsp3) is 0.348. The smallest absolute Gasteiger partial charge is 0.234 e. The second kappa shape index (κ2) is 9.74. The topological polar surface area (TPSA) is 59.8 Å². The van der Waals surface area contributed by atoms with Gasteiger partial charge in [-0.15, -0.1) is 10.2 Å². The quantitative estimate of drug-likeness (QED) is 0.525. The van der Waals surface area contributed by atoms with Gasteiger partial charge in [0.2, 0.25) is 5.91 Å². The van der Waals surface area contributed by atoms with Gasteiger partial charge in [0.05, 0.1) is 5.75 Å². The maximum Gasteiger partial charge on any atom is 0.234 e. The van der Waals surface area contributed by atoms with E-state index in [2.05, 4.69) is 78.1 Å². The van der Waals surface area contributed by atoms with E-state index >= 15 is 0 Å². The van der Waals surface area contributed by atoms with Crippen molar-refractivity contribution in [2.45, 2.75) is 52.2 Å². The highest BCUT2D eigenvalue weighted by Crippen LogP contribution is 2.26. The Morgan fingerprint density at radius 2 is 1.72 bits per heavy atom. The Kier molecular flexibility index (Phi) is 7.09. The Balaban J connectivity index is 1.73. The molecule has 1 amide bonds. The van der Waals surface area contributed by atoms with Gasteiger partial charge in [-0.25, -0.2) is 0 Å². The minimum atomic E-state index is -0.0200. The molecule has 2 aromatic carbocycles. The minimum Gasteiger partial charge on any atom is -0.325 e. The molecule has 5 nitrogen and oxygen atoms in total.